The second-order valence-electron chi connectivity index (χ2n) is 21.6. The third kappa shape index (κ3) is 14.2. The third-order valence-corrected chi connectivity index (χ3v) is 17.5. The highest BCUT2D eigenvalue weighted by Crippen LogP contribution is 2.71. The monoisotopic (exact) mass is 799 g/mol. The second-order valence-corrected chi connectivity index (χ2v) is 21.6. The molecule has 0 aromatic rings. The molecule has 10 atom stereocenters. The Morgan fingerprint density at radius 3 is 1.74 bits per heavy atom. The van der Waals surface area contributed by atoms with E-state index < -0.39 is 0 Å². The van der Waals surface area contributed by atoms with Gasteiger partial charge in [0.05, 0.1) is 12.2 Å². The molecule has 4 aliphatic rings. The quantitative estimate of drug-likeness (QED) is 0.0633. The zero-order valence-corrected chi connectivity index (χ0v) is 39.0. The highest BCUT2D eigenvalue weighted by Gasteiger charge is 2.65. The molecule has 4 aliphatic carbocycles. The lowest BCUT2D eigenvalue weighted by molar-refractivity contribution is -0.210. The summed E-state index contributed by atoms with van der Waals surface area (Å²) >= 11 is 0. The van der Waals surface area contributed by atoms with E-state index in [1.807, 2.05) is 0 Å². The summed E-state index contributed by atoms with van der Waals surface area (Å²) in [4.78, 5) is 15.9. The van der Waals surface area contributed by atoms with Crippen molar-refractivity contribution in [3.63, 3.8) is 0 Å². The normalized spacial score (nSPS) is 32.9. The lowest BCUT2D eigenvalue weighted by atomic mass is 9.39. The summed E-state index contributed by atoms with van der Waals surface area (Å²) in [5.74, 6) is 2.97. The molecule has 5 heteroatoms. The van der Waals surface area contributed by atoms with Crippen LogP contribution in [0.4, 0.5) is 0 Å². The van der Waals surface area contributed by atoms with Gasteiger partial charge in [0.2, 0.25) is 5.91 Å². The van der Waals surface area contributed by atoms with Crippen molar-refractivity contribution in [2.45, 2.75) is 253 Å². The van der Waals surface area contributed by atoms with Gasteiger partial charge >= 0.3 is 0 Å². The number of unbranched alkanes of at least 4 members (excludes halogenated alkanes) is 18. The van der Waals surface area contributed by atoms with Crippen LogP contribution in [0.5, 0.6) is 0 Å². The Labute approximate surface area is 354 Å². The lowest BCUT2D eigenvalue weighted by Gasteiger charge is -2.66. The van der Waals surface area contributed by atoms with Gasteiger partial charge in [-0.2, -0.15) is 0 Å². The Balaban J connectivity index is 1.15. The van der Waals surface area contributed by atoms with Gasteiger partial charge in [0.15, 0.2) is 0 Å². The van der Waals surface area contributed by atoms with E-state index in [-0.39, 0.29) is 34.4 Å². The third-order valence-electron chi connectivity index (χ3n) is 17.5. The minimum Gasteiger partial charge on any atom is -0.393 e. The number of amides is 1. The largest absolute Gasteiger partial charge is 0.393 e. The van der Waals surface area contributed by atoms with E-state index in [2.05, 4.69) is 51.8 Å². The summed E-state index contributed by atoms with van der Waals surface area (Å²) in [6.07, 6.45) is 38.8. The summed E-state index contributed by atoms with van der Waals surface area (Å²) in [5.41, 5.74) is 0.522. The van der Waals surface area contributed by atoms with E-state index in [9.17, 15) is 15.0 Å². The minimum absolute atomic E-state index is 0.0370. The van der Waals surface area contributed by atoms with Gasteiger partial charge < -0.3 is 20.4 Å². The number of fused-ring (bicyclic) bond motifs is 5. The number of hydrogen-bond donors (Lipinski definition) is 3. The standard InChI is InChI=1S/C52H98N2O3/c1-7-9-11-13-15-17-19-21-23-25-37-54(38-26-24-22-20-18-16-14-12-10-8-2)39-27-36-53-48(57)31-28-42(3)44-29-30-45-49-46(33-34-51(44,45)5)52(6)35-32-43(55)40-50(52,4)41-47(49)56/h42-47,49,55-56H,7-41H2,1-6H3,(H,53,57)/t42-,43-,44-,45?,46?,47-,49+,50+,51-,52-/m1/s1. The van der Waals surface area contributed by atoms with Crippen molar-refractivity contribution >= 4 is 5.91 Å². The van der Waals surface area contributed by atoms with Gasteiger partial charge in [-0.05, 0) is 143 Å². The number of carbonyl (C=O) groups excluding carboxylic acids is 1. The fourth-order valence-electron chi connectivity index (χ4n) is 13.8. The van der Waals surface area contributed by atoms with Crippen LogP contribution in [0, 0.1) is 45.8 Å². The van der Waals surface area contributed by atoms with Crippen LogP contribution in [-0.2, 0) is 4.79 Å². The molecule has 1 amide bonds. The van der Waals surface area contributed by atoms with E-state index in [1.165, 1.54) is 167 Å². The number of carbonyl (C=O) groups is 1. The Hall–Kier alpha value is -0.650. The summed E-state index contributed by atoms with van der Waals surface area (Å²) in [5, 5.41) is 25.7. The van der Waals surface area contributed by atoms with Crippen molar-refractivity contribution in [1.29, 1.82) is 0 Å². The van der Waals surface area contributed by atoms with Crippen molar-refractivity contribution in [1.82, 2.24) is 10.2 Å². The molecule has 0 bridgehead atoms. The van der Waals surface area contributed by atoms with Crippen molar-refractivity contribution in [2.75, 3.05) is 26.2 Å². The van der Waals surface area contributed by atoms with Crippen LogP contribution in [-0.4, -0.2) is 59.4 Å². The molecule has 57 heavy (non-hydrogen) atoms. The lowest BCUT2D eigenvalue weighted by Crippen LogP contribution is -2.62. The summed E-state index contributed by atoms with van der Waals surface area (Å²) in [7, 11) is 0. The molecule has 3 N–H and O–H groups in total. The predicted molar refractivity (Wildman–Crippen MR) is 243 cm³/mol. The molecule has 5 nitrogen and oxygen atoms in total. The van der Waals surface area contributed by atoms with Crippen molar-refractivity contribution in [3.8, 4) is 0 Å². The number of rotatable bonds is 30. The maximum atomic E-state index is 13.2. The SMILES string of the molecule is CCCCCCCCCCCCN(CCCCCCCCCCCC)CCCNC(=O)CC[C@@H](C)[C@H]1CCC2[C@H]3C(CC[C@@]21C)[C@@]1(C)CC[C@@H](O)C[C@@]1(C)C[C@H]3O. The molecule has 0 saturated heterocycles. The molecular formula is C52H98N2O3. The van der Waals surface area contributed by atoms with E-state index in [1.54, 1.807) is 0 Å². The minimum atomic E-state index is -0.247. The second kappa shape index (κ2) is 25.3. The van der Waals surface area contributed by atoms with Crippen LogP contribution in [0.2, 0.25) is 0 Å². The highest BCUT2D eigenvalue weighted by atomic mass is 16.3. The molecule has 4 fully saturated rings. The molecule has 0 spiro atoms. The first-order valence-corrected chi connectivity index (χ1v) is 25.8. The average molecular weight is 799 g/mol. The molecule has 4 rings (SSSR count). The van der Waals surface area contributed by atoms with Crippen LogP contribution in [0.15, 0.2) is 0 Å². The van der Waals surface area contributed by atoms with Gasteiger partial charge in [0, 0.05) is 13.0 Å². The maximum absolute atomic E-state index is 13.2. The van der Waals surface area contributed by atoms with E-state index in [0.29, 0.717) is 36.0 Å². The molecule has 0 aromatic heterocycles. The van der Waals surface area contributed by atoms with Gasteiger partial charge in [0.25, 0.3) is 0 Å². The van der Waals surface area contributed by atoms with Crippen LogP contribution in [0.1, 0.15) is 241 Å². The molecule has 0 heterocycles. The van der Waals surface area contributed by atoms with E-state index >= 15 is 0 Å². The van der Waals surface area contributed by atoms with Gasteiger partial charge in [-0.15, -0.1) is 0 Å². The number of hydrogen-bond acceptors (Lipinski definition) is 4. The maximum Gasteiger partial charge on any atom is 0.220 e. The van der Waals surface area contributed by atoms with E-state index in [4.69, 9.17) is 0 Å². The van der Waals surface area contributed by atoms with Crippen LogP contribution in [0.25, 0.3) is 0 Å². The Morgan fingerprint density at radius 1 is 0.649 bits per heavy atom. The Bertz CT molecular complexity index is 1080. The van der Waals surface area contributed by atoms with Crippen LogP contribution < -0.4 is 5.32 Å². The Morgan fingerprint density at radius 2 is 1.18 bits per heavy atom. The van der Waals surface area contributed by atoms with Crippen LogP contribution in [0.3, 0.4) is 0 Å². The first kappa shape index (κ1) is 49.0. The molecule has 0 aromatic carbocycles. The molecule has 334 valence electrons. The van der Waals surface area contributed by atoms with Gasteiger partial charge in [-0.3, -0.25) is 4.79 Å². The summed E-state index contributed by atoms with van der Waals surface area (Å²) < 4.78 is 0. The van der Waals surface area contributed by atoms with Crippen molar-refractivity contribution in [2.24, 2.45) is 45.8 Å². The van der Waals surface area contributed by atoms with Gasteiger partial charge in [-0.25, -0.2) is 0 Å². The van der Waals surface area contributed by atoms with Gasteiger partial charge in [-0.1, -0.05) is 157 Å². The zero-order chi connectivity index (χ0) is 41.2. The Kier molecular flexibility index (Phi) is 21.8. The zero-order valence-electron chi connectivity index (χ0n) is 39.0. The molecule has 2 unspecified atom stereocenters. The fourth-order valence-corrected chi connectivity index (χ4v) is 13.8. The molecular weight excluding hydrogens is 701 g/mol. The van der Waals surface area contributed by atoms with Crippen molar-refractivity contribution in [3.05, 3.63) is 0 Å². The number of nitrogens with zero attached hydrogens (tertiary/aromatic N) is 1. The van der Waals surface area contributed by atoms with Crippen LogP contribution >= 0.6 is 0 Å². The van der Waals surface area contributed by atoms with Gasteiger partial charge in [0.1, 0.15) is 0 Å². The predicted octanol–water partition coefficient (Wildman–Crippen LogP) is 13.4. The summed E-state index contributed by atoms with van der Waals surface area (Å²) in [6.45, 7) is 18.9. The first-order chi connectivity index (χ1) is 27.5. The molecule has 0 radical (unpaired) electrons. The average Bonchev–Trinajstić information content (AvgIpc) is 3.54. The molecule has 0 aliphatic heterocycles. The number of nitrogens with one attached hydrogen (secondary N) is 1. The molecule has 4 saturated carbocycles. The van der Waals surface area contributed by atoms with Crippen molar-refractivity contribution < 1.29 is 15.0 Å². The fraction of sp³-hybridized carbons (Fsp3) is 0.981. The van der Waals surface area contributed by atoms with E-state index in [0.717, 1.165) is 51.6 Å². The smallest absolute Gasteiger partial charge is 0.220 e. The highest BCUT2D eigenvalue weighted by molar-refractivity contribution is 5.75. The first-order valence-electron chi connectivity index (χ1n) is 25.8. The summed E-state index contributed by atoms with van der Waals surface area (Å²) in [6, 6.07) is 0. The topological polar surface area (TPSA) is 72.8 Å². The number of aliphatic hydroxyl groups excluding tert-OH is 2. The number of aliphatic hydroxyl groups is 2.